The van der Waals surface area contributed by atoms with Crippen LogP contribution in [-0.2, 0) is 27.6 Å². The lowest BCUT2D eigenvalue weighted by Gasteiger charge is -2.33. The van der Waals surface area contributed by atoms with Crippen molar-refractivity contribution in [3.63, 3.8) is 0 Å². The van der Waals surface area contributed by atoms with E-state index in [1.165, 1.54) is 0 Å². The Bertz CT molecular complexity index is 363. The number of rotatable bonds is 0. The highest BCUT2D eigenvalue weighted by molar-refractivity contribution is 8.12. The molecule has 2 rings (SSSR count). The Morgan fingerprint density at radius 3 is 2.21 bits per heavy atom. The molecule has 1 saturated heterocycles. The molecule has 0 aromatic rings. The van der Waals surface area contributed by atoms with Gasteiger partial charge in [-0.1, -0.05) is 0 Å². The van der Waals surface area contributed by atoms with Crippen molar-refractivity contribution in [2.75, 3.05) is 18.2 Å². The molecular formula is C7H9NO5S. The van der Waals surface area contributed by atoms with Gasteiger partial charge in [0.15, 0.2) is 9.63 Å². The molecule has 0 saturated carbocycles. The van der Waals surface area contributed by atoms with E-state index in [0.717, 1.165) is 12.2 Å². The van der Waals surface area contributed by atoms with Crippen molar-refractivity contribution in [3.05, 3.63) is 12.2 Å². The van der Waals surface area contributed by atoms with Crippen LogP contribution in [0, 0.1) is 0 Å². The van der Waals surface area contributed by atoms with Crippen LogP contribution in [0.5, 0.6) is 0 Å². The van der Waals surface area contributed by atoms with Crippen molar-refractivity contribution in [1.82, 2.24) is 5.32 Å². The Hall–Kier alpha value is -1.21. The van der Waals surface area contributed by atoms with Crippen molar-refractivity contribution in [2.24, 2.45) is 0 Å². The van der Waals surface area contributed by atoms with Gasteiger partial charge in [-0.25, -0.2) is 13.8 Å². The fraction of sp³-hybridized carbons (Fsp3) is 0.429. The van der Waals surface area contributed by atoms with Crippen LogP contribution < -0.4 is 5.32 Å². The van der Waals surface area contributed by atoms with Crippen molar-refractivity contribution >= 4 is 21.6 Å². The second-order valence-corrected chi connectivity index (χ2v) is 6.36. The minimum absolute atomic E-state index is 0.0242. The molecule has 2 heterocycles. The van der Waals surface area contributed by atoms with Gasteiger partial charge in [0.2, 0.25) is 0 Å². The molecule has 0 aliphatic carbocycles. The van der Waals surface area contributed by atoms with Crippen LogP contribution in [0.3, 0.4) is 0 Å². The first-order valence-electron chi connectivity index (χ1n) is 4.01. The van der Waals surface area contributed by atoms with Crippen LogP contribution >= 0.6 is 0 Å². The molecule has 0 radical (unpaired) electrons. The maximum Gasteiger partial charge on any atom is 0.345 e. The third kappa shape index (κ3) is 1.44. The van der Waals surface area contributed by atoms with E-state index >= 15 is 0 Å². The van der Waals surface area contributed by atoms with Gasteiger partial charge in [-0.05, 0) is 0 Å². The summed E-state index contributed by atoms with van der Waals surface area (Å²) in [5.41, 5.74) is 0. The highest BCUT2D eigenvalue weighted by Crippen LogP contribution is 2.33. The van der Waals surface area contributed by atoms with E-state index in [4.69, 9.17) is 8.37 Å². The molecular weight excluding hydrogens is 210 g/mol. The lowest BCUT2D eigenvalue weighted by molar-refractivity contribution is -0.130. The number of carbonyl (C=O) groups excluding carboxylic acids is 2. The highest BCUT2D eigenvalue weighted by atomic mass is 32.3. The van der Waals surface area contributed by atoms with Crippen molar-refractivity contribution in [2.45, 2.75) is 0 Å². The number of hydrogen-bond donors (Lipinski definition) is 1. The predicted molar refractivity (Wildman–Crippen MR) is 47.2 cm³/mol. The van der Waals surface area contributed by atoms with Crippen LogP contribution in [0.2, 0.25) is 0 Å². The van der Waals surface area contributed by atoms with E-state index in [1.54, 1.807) is 0 Å². The van der Waals surface area contributed by atoms with E-state index in [9.17, 15) is 13.8 Å². The molecule has 0 bridgehead atoms. The molecule has 2 aliphatic rings. The van der Waals surface area contributed by atoms with E-state index in [2.05, 4.69) is 5.32 Å². The summed E-state index contributed by atoms with van der Waals surface area (Å²) in [4.78, 5) is 22.1. The number of hydrogen-bond acceptors (Lipinski definition) is 6. The molecule has 1 N–H and O–H groups in total. The summed E-state index contributed by atoms with van der Waals surface area (Å²) in [7, 11) is -4.03. The van der Waals surface area contributed by atoms with Gasteiger partial charge in [0.25, 0.3) is 0 Å². The largest absolute Gasteiger partial charge is 0.355 e. The van der Waals surface area contributed by atoms with Crippen molar-refractivity contribution in [1.29, 1.82) is 0 Å². The molecule has 0 aromatic heterocycles. The number of carbonyl (C=O) groups is 2. The predicted octanol–water partition coefficient (Wildman–Crippen LogP) is -1.15. The van der Waals surface area contributed by atoms with Gasteiger partial charge >= 0.3 is 11.9 Å². The van der Waals surface area contributed by atoms with E-state index < -0.39 is 21.6 Å². The molecule has 6 nitrogen and oxygen atoms in total. The van der Waals surface area contributed by atoms with Gasteiger partial charge in [-0.15, -0.1) is 0 Å². The summed E-state index contributed by atoms with van der Waals surface area (Å²) < 4.78 is 21.7. The van der Waals surface area contributed by atoms with Crippen molar-refractivity contribution in [3.8, 4) is 0 Å². The van der Waals surface area contributed by atoms with E-state index in [0.29, 0.717) is 6.54 Å². The summed E-state index contributed by atoms with van der Waals surface area (Å²) in [6.45, 7) is 0.395. The van der Waals surface area contributed by atoms with Crippen LogP contribution in [0.25, 0.3) is 0 Å². The first-order chi connectivity index (χ1) is 6.50. The second kappa shape index (κ2) is 2.64. The molecule has 0 aromatic carbocycles. The zero-order valence-electron chi connectivity index (χ0n) is 7.23. The normalized spacial score (nSPS) is 31.3. The van der Waals surface area contributed by atoms with Gasteiger partial charge in [-0.2, -0.15) is 0 Å². The average molecular weight is 219 g/mol. The van der Waals surface area contributed by atoms with E-state index in [-0.39, 0.29) is 11.6 Å². The first kappa shape index (κ1) is 9.35. The van der Waals surface area contributed by atoms with Gasteiger partial charge < -0.3 is 13.7 Å². The summed E-state index contributed by atoms with van der Waals surface area (Å²) >= 11 is 0. The van der Waals surface area contributed by atoms with Gasteiger partial charge in [-0.3, -0.25) is 0 Å². The summed E-state index contributed by atoms with van der Waals surface area (Å²) in [6.07, 6.45) is 1.82. The molecule has 1 spiro atoms. The molecule has 0 amide bonds. The quantitative estimate of drug-likeness (QED) is 0.554. The Kier molecular flexibility index (Phi) is 1.76. The smallest absolute Gasteiger partial charge is 0.345 e. The van der Waals surface area contributed by atoms with E-state index in [1.807, 2.05) is 0 Å². The zero-order chi connectivity index (χ0) is 10.3. The lowest BCUT2D eigenvalue weighted by atomic mass is 10.5. The Balaban J connectivity index is 2.41. The standard InChI is InChI=1S/C7H9NO5S/c9-6-1-2-7(10)13-14(11,12-6)4-3-8-5-14/h1-2,8H,3-5H2. The summed E-state index contributed by atoms with van der Waals surface area (Å²) in [5.74, 6) is -1.71. The molecule has 7 heteroatoms. The topological polar surface area (TPSA) is 81.7 Å². The first-order valence-corrected chi connectivity index (χ1v) is 6.17. The molecule has 78 valence electrons. The van der Waals surface area contributed by atoms with Gasteiger partial charge in [0, 0.05) is 18.7 Å². The van der Waals surface area contributed by atoms with Gasteiger partial charge in [0.1, 0.15) is 5.88 Å². The Morgan fingerprint density at radius 2 is 1.79 bits per heavy atom. The van der Waals surface area contributed by atoms with Crippen LogP contribution in [-0.4, -0.2) is 34.3 Å². The summed E-state index contributed by atoms with van der Waals surface area (Å²) in [5, 5.41) is 2.75. The van der Waals surface area contributed by atoms with Crippen molar-refractivity contribution < 1.29 is 22.2 Å². The maximum atomic E-state index is 12.3. The minimum atomic E-state index is -4.03. The van der Waals surface area contributed by atoms with Gasteiger partial charge in [0.05, 0.1) is 5.75 Å². The molecule has 2 aliphatic heterocycles. The van der Waals surface area contributed by atoms with Crippen LogP contribution in [0.4, 0.5) is 0 Å². The summed E-state index contributed by atoms with van der Waals surface area (Å²) in [6, 6.07) is 0. The number of nitrogens with one attached hydrogen (secondary N) is 1. The maximum absolute atomic E-state index is 12.3. The highest BCUT2D eigenvalue weighted by Gasteiger charge is 2.47. The minimum Gasteiger partial charge on any atom is -0.355 e. The lowest BCUT2D eigenvalue weighted by Crippen LogP contribution is -2.44. The molecule has 0 unspecified atom stereocenters. The zero-order valence-corrected chi connectivity index (χ0v) is 8.04. The third-order valence-electron chi connectivity index (χ3n) is 1.95. The Morgan fingerprint density at radius 1 is 1.21 bits per heavy atom. The molecule has 0 atom stereocenters. The molecule has 14 heavy (non-hydrogen) atoms. The fourth-order valence-corrected chi connectivity index (χ4v) is 3.71. The Labute approximate surface area is 80.1 Å². The van der Waals surface area contributed by atoms with Crippen LogP contribution in [0.15, 0.2) is 12.2 Å². The fourth-order valence-electron chi connectivity index (χ4n) is 1.33. The van der Waals surface area contributed by atoms with Crippen LogP contribution in [0.1, 0.15) is 0 Å². The third-order valence-corrected chi connectivity index (χ3v) is 4.77. The SMILES string of the molecule is O=C1C=CC(=O)OS2(=O)(CCNC2)O1. The second-order valence-electron chi connectivity index (χ2n) is 3.10. The molecule has 1 fully saturated rings. The monoisotopic (exact) mass is 219 g/mol. The average Bonchev–Trinajstić information content (AvgIpc) is 2.39.